The number of carboxylic acid groups (broad SMARTS) is 1. The third-order valence-corrected chi connectivity index (χ3v) is 4.91. The predicted octanol–water partition coefficient (Wildman–Crippen LogP) is 2.45. The number of carboxylic acids is 1. The van der Waals surface area contributed by atoms with Crippen molar-refractivity contribution in [2.45, 2.75) is 18.6 Å². The third kappa shape index (κ3) is 6.37. The summed E-state index contributed by atoms with van der Waals surface area (Å²) < 4.78 is 10.6. The van der Waals surface area contributed by atoms with E-state index in [-0.39, 0.29) is 24.1 Å². The molecule has 1 aromatic heterocycles. The largest absolute Gasteiger partial charge is 0.481 e. The Morgan fingerprint density at radius 1 is 1.29 bits per heavy atom. The third-order valence-electron chi connectivity index (χ3n) is 3.84. The van der Waals surface area contributed by atoms with Gasteiger partial charge in [-0.05, 0) is 42.8 Å². The van der Waals surface area contributed by atoms with Crippen molar-refractivity contribution in [2.24, 2.45) is 10.2 Å². The van der Waals surface area contributed by atoms with E-state index in [1.165, 1.54) is 18.5 Å². The summed E-state index contributed by atoms with van der Waals surface area (Å²) in [5.41, 5.74) is 1.07. The first-order chi connectivity index (χ1) is 14.9. The Labute approximate surface area is 181 Å². The van der Waals surface area contributed by atoms with E-state index in [9.17, 15) is 14.4 Å². The Hall–Kier alpha value is -3.73. The number of nitrogens with one attached hydrogen (secondary N) is 1. The Balaban J connectivity index is 1.58. The number of esters is 1. The fraction of sp³-hybridized carbons (Fsp3) is 0.200. The van der Waals surface area contributed by atoms with Crippen molar-refractivity contribution < 1.29 is 29.0 Å². The number of aliphatic carboxylic acids is 1. The Morgan fingerprint density at radius 2 is 2.06 bits per heavy atom. The molecule has 0 aliphatic carbocycles. The molecule has 10 nitrogen and oxygen atoms in total. The maximum absolute atomic E-state index is 11.8. The van der Waals surface area contributed by atoms with Crippen molar-refractivity contribution in [3.05, 3.63) is 53.7 Å². The lowest BCUT2D eigenvalue weighted by atomic mass is 10.2. The summed E-state index contributed by atoms with van der Waals surface area (Å²) in [5.74, 6) is -1.14. The van der Waals surface area contributed by atoms with Crippen molar-refractivity contribution in [1.29, 1.82) is 0 Å². The van der Waals surface area contributed by atoms with Crippen molar-refractivity contribution in [3.8, 4) is 11.6 Å². The molecule has 2 aromatic rings. The van der Waals surface area contributed by atoms with E-state index in [1.807, 2.05) is 0 Å². The molecule has 1 saturated heterocycles. The number of hydrogen-bond acceptors (Lipinski definition) is 9. The van der Waals surface area contributed by atoms with Crippen LogP contribution in [0.15, 0.2) is 52.8 Å². The molecule has 1 aliphatic heterocycles. The van der Waals surface area contributed by atoms with Crippen molar-refractivity contribution in [1.82, 2.24) is 10.3 Å². The monoisotopic (exact) mass is 442 g/mol. The Morgan fingerprint density at radius 3 is 2.77 bits per heavy atom. The molecule has 160 valence electrons. The number of hydrogen-bond donors (Lipinski definition) is 2. The average Bonchev–Trinajstić information content (AvgIpc) is 3.08. The highest BCUT2D eigenvalue weighted by Crippen LogP contribution is 2.23. The summed E-state index contributed by atoms with van der Waals surface area (Å²) in [6, 6.07) is 9.91. The standard InChI is InChI=1S/C20H18N4O6S/c1-2-29-19(28)13-7-8-21-16(9-13)30-14-5-3-12(4-6-14)11-22-24-20-23-18(27)15(31-20)10-17(25)26/h3-9,11,15H,2,10H2,1H3,(H,25,26)(H,23,24,27). The number of carbonyl (C=O) groups is 3. The van der Waals surface area contributed by atoms with Crippen molar-refractivity contribution in [2.75, 3.05) is 6.61 Å². The van der Waals surface area contributed by atoms with Crippen LogP contribution in [0.25, 0.3) is 0 Å². The van der Waals surface area contributed by atoms with Gasteiger partial charge in [-0.1, -0.05) is 11.8 Å². The number of ether oxygens (including phenoxy) is 2. The van der Waals surface area contributed by atoms with Crippen LogP contribution in [-0.2, 0) is 14.3 Å². The second-order valence-electron chi connectivity index (χ2n) is 6.12. The Bertz CT molecular complexity index is 1040. The van der Waals surface area contributed by atoms with Crippen LogP contribution < -0.4 is 10.1 Å². The van der Waals surface area contributed by atoms with Crippen LogP contribution >= 0.6 is 11.8 Å². The van der Waals surface area contributed by atoms with Gasteiger partial charge in [0.25, 0.3) is 0 Å². The molecule has 1 aliphatic rings. The zero-order valence-electron chi connectivity index (χ0n) is 16.3. The van der Waals surface area contributed by atoms with E-state index >= 15 is 0 Å². The number of benzene rings is 1. The molecule has 11 heteroatoms. The van der Waals surface area contributed by atoms with Crippen LogP contribution in [0.1, 0.15) is 29.3 Å². The van der Waals surface area contributed by atoms with Gasteiger partial charge in [0.15, 0.2) is 5.17 Å². The number of amides is 1. The van der Waals surface area contributed by atoms with Gasteiger partial charge in [-0.3, -0.25) is 9.59 Å². The van der Waals surface area contributed by atoms with Crippen LogP contribution in [0, 0.1) is 0 Å². The number of thioether (sulfide) groups is 1. The fourth-order valence-corrected chi connectivity index (χ4v) is 3.36. The molecule has 0 radical (unpaired) electrons. The summed E-state index contributed by atoms with van der Waals surface area (Å²) in [7, 11) is 0. The van der Waals surface area contributed by atoms with E-state index in [2.05, 4.69) is 20.5 Å². The minimum absolute atomic E-state index is 0.250. The maximum atomic E-state index is 11.8. The maximum Gasteiger partial charge on any atom is 0.338 e. The Kier molecular flexibility index (Phi) is 7.33. The molecule has 1 atom stereocenters. The molecular formula is C20H18N4O6S. The molecule has 2 heterocycles. The molecule has 1 aromatic carbocycles. The summed E-state index contributed by atoms with van der Waals surface area (Å²) in [6.07, 6.45) is 2.66. The van der Waals surface area contributed by atoms with E-state index in [0.717, 1.165) is 17.3 Å². The van der Waals surface area contributed by atoms with E-state index in [0.29, 0.717) is 11.3 Å². The lowest BCUT2D eigenvalue weighted by molar-refractivity contribution is -0.138. The molecule has 3 rings (SSSR count). The normalized spacial score (nSPS) is 17.0. The topological polar surface area (TPSA) is 140 Å². The molecular weight excluding hydrogens is 424 g/mol. The van der Waals surface area contributed by atoms with Crippen LogP contribution in [0.2, 0.25) is 0 Å². The first kappa shape index (κ1) is 22.0. The predicted molar refractivity (Wildman–Crippen MR) is 114 cm³/mol. The summed E-state index contributed by atoms with van der Waals surface area (Å²) in [6.45, 7) is 2.01. The smallest absolute Gasteiger partial charge is 0.338 e. The first-order valence-electron chi connectivity index (χ1n) is 9.16. The summed E-state index contributed by atoms with van der Waals surface area (Å²) in [5, 5.41) is 18.6. The van der Waals surface area contributed by atoms with Crippen molar-refractivity contribution in [3.63, 3.8) is 0 Å². The van der Waals surface area contributed by atoms with Gasteiger partial charge >= 0.3 is 11.9 Å². The van der Waals surface area contributed by atoms with Gasteiger partial charge in [-0.25, -0.2) is 9.78 Å². The highest BCUT2D eigenvalue weighted by atomic mass is 32.2. The number of rotatable bonds is 8. The zero-order chi connectivity index (χ0) is 22.2. The molecule has 1 unspecified atom stereocenters. The van der Waals surface area contributed by atoms with Crippen LogP contribution in [0.4, 0.5) is 0 Å². The van der Waals surface area contributed by atoms with E-state index in [1.54, 1.807) is 37.3 Å². The van der Waals surface area contributed by atoms with Gasteiger partial charge in [0, 0.05) is 12.3 Å². The molecule has 0 bridgehead atoms. The molecule has 31 heavy (non-hydrogen) atoms. The van der Waals surface area contributed by atoms with Gasteiger partial charge in [-0.15, -0.1) is 5.10 Å². The number of amidine groups is 1. The SMILES string of the molecule is CCOC(=O)c1ccnc(Oc2ccc(C=NN=C3NC(=O)C(CC(=O)O)S3)cc2)c1. The van der Waals surface area contributed by atoms with Crippen LogP contribution in [-0.4, -0.2) is 51.2 Å². The molecule has 1 fully saturated rings. The number of carbonyl (C=O) groups excluding carboxylic acids is 2. The lowest BCUT2D eigenvalue weighted by Crippen LogP contribution is -2.26. The minimum atomic E-state index is -1.05. The average molecular weight is 442 g/mol. The number of aromatic nitrogens is 1. The molecule has 1 amide bonds. The fourth-order valence-electron chi connectivity index (χ4n) is 2.44. The summed E-state index contributed by atoms with van der Waals surface area (Å²) in [4.78, 5) is 38.3. The second kappa shape index (κ2) is 10.3. The quantitative estimate of drug-likeness (QED) is 0.361. The van der Waals surface area contributed by atoms with E-state index < -0.39 is 23.1 Å². The van der Waals surface area contributed by atoms with Crippen LogP contribution in [0.5, 0.6) is 11.6 Å². The number of pyridine rings is 1. The van der Waals surface area contributed by atoms with E-state index in [4.69, 9.17) is 14.6 Å². The van der Waals surface area contributed by atoms with Gasteiger partial charge in [0.1, 0.15) is 11.0 Å². The molecule has 0 spiro atoms. The number of nitrogens with zero attached hydrogens (tertiary/aromatic N) is 3. The van der Waals surface area contributed by atoms with Crippen molar-refractivity contribution >= 4 is 41.0 Å². The molecule has 2 N–H and O–H groups in total. The van der Waals surface area contributed by atoms with Gasteiger partial charge in [0.05, 0.1) is 24.8 Å². The van der Waals surface area contributed by atoms with Gasteiger partial charge < -0.3 is 19.9 Å². The minimum Gasteiger partial charge on any atom is -0.481 e. The summed E-state index contributed by atoms with van der Waals surface area (Å²) >= 11 is 1.03. The first-order valence-corrected chi connectivity index (χ1v) is 10.0. The lowest BCUT2D eigenvalue weighted by Gasteiger charge is -2.06. The molecule has 0 saturated carbocycles. The second-order valence-corrected chi connectivity index (χ2v) is 7.31. The van der Waals surface area contributed by atoms with Gasteiger partial charge in [-0.2, -0.15) is 5.10 Å². The zero-order valence-corrected chi connectivity index (χ0v) is 17.2. The highest BCUT2D eigenvalue weighted by Gasteiger charge is 2.32. The van der Waals surface area contributed by atoms with Crippen LogP contribution in [0.3, 0.4) is 0 Å². The van der Waals surface area contributed by atoms with Gasteiger partial charge in [0.2, 0.25) is 11.8 Å². The highest BCUT2D eigenvalue weighted by molar-refractivity contribution is 8.15.